The Labute approximate surface area is 201 Å². The minimum atomic E-state index is -4.67. The number of carbonyl (C=O) groups is 1. The molecule has 1 atom stereocenters. The van der Waals surface area contributed by atoms with Crippen LogP contribution < -0.4 is 10.0 Å². The average molecular weight is 523 g/mol. The van der Waals surface area contributed by atoms with Crippen LogP contribution in [0.5, 0.6) is 0 Å². The third-order valence-electron chi connectivity index (χ3n) is 4.94. The van der Waals surface area contributed by atoms with Gasteiger partial charge in [0.2, 0.25) is 16.8 Å². The Morgan fingerprint density at radius 3 is 2.50 bits per heavy atom. The first-order valence-corrected chi connectivity index (χ1v) is 11.7. The standard InChI is InChI=1S/C22H17F4N5O4S/c1-12(31-36(33,34)19-8-14-7-16(23)2-3-18(14)35-19)20(32)28-9-13-4-5-27-17(6-13)15-10-29-21(30-11-15)22(24,25)26/h2-8,10-12,31H,9H2,1H3,(H,28,32)/t12-/m0/s1. The van der Waals surface area contributed by atoms with Gasteiger partial charge in [0.15, 0.2) is 0 Å². The smallest absolute Gasteiger partial charge is 0.443 e. The van der Waals surface area contributed by atoms with E-state index in [2.05, 4.69) is 25.0 Å². The van der Waals surface area contributed by atoms with Crippen LogP contribution in [-0.4, -0.2) is 35.3 Å². The molecule has 0 aliphatic rings. The van der Waals surface area contributed by atoms with Crippen molar-refractivity contribution in [2.24, 2.45) is 0 Å². The van der Waals surface area contributed by atoms with Crippen LogP contribution >= 0.6 is 0 Å². The van der Waals surface area contributed by atoms with Gasteiger partial charge in [-0.2, -0.15) is 17.9 Å². The van der Waals surface area contributed by atoms with Crippen molar-refractivity contribution < 1.29 is 35.2 Å². The highest BCUT2D eigenvalue weighted by molar-refractivity contribution is 7.89. The third-order valence-corrected chi connectivity index (χ3v) is 6.33. The number of sulfonamides is 1. The van der Waals surface area contributed by atoms with Crippen molar-refractivity contribution in [3.8, 4) is 11.3 Å². The van der Waals surface area contributed by atoms with Crippen molar-refractivity contribution >= 4 is 26.9 Å². The van der Waals surface area contributed by atoms with Crippen LogP contribution in [0.15, 0.2) is 64.5 Å². The van der Waals surface area contributed by atoms with Crippen LogP contribution in [-0.2, 0) is 27.5 Å². The second-order valence-electron chi connectivity index (χ2n) is 7.65. The van der Waals surface area contributed by atoms with E-state index in [1.807, 2.05) is 0 Å². The zero-order valence-electron chi connectivity index (χ0n) is 18.4. The number of halogens is 4. The SMILES string of the molecule is C[C@H](NS(=O)(=O)c1cc2cc(F)ccc2o1)C(=O)NCc1ccnc(-c2cnc(C(F)(F)F)nc2)c1. The Morgan fingerprint density at radius 2 is 1.81 bits per heavy atom. The molecule has 36 heavy (non-hydrogen) atoms. The summed E-state index contributed by atoms with van der Waals surface area (Å²) in [5, 5.41) is 2.34. The molecule has 14 heteroatoms. The van der Waals surface area contributed by atoms with E-state index >= 15 is 0 Å². The molecule has 1 aromatic carbocycles. The summed E-state index contributed by atoms with van der Waals surface area (Å²) in [5.74, 6) is -2.49. The summed E-state index contributed by atoms with van der Waals surface area (Å²) < 4.78 is 83.9. The van der Waals surface area contributed by atoms with E-state index in [1.54, 1.807) is 6.07 Å². The van der Waals surface area contributed by atoms with Gasteiger partial charge in [0, 0.05) is 42.2 Å². The number of hydrogen-bond donors (Lipinski definition) is 2. The summed E-state index contributed by atoms with van der Waals surface area (Å²) >= 11 is 0. The molecule has 0 aliphatic heterocycles. The molecule has 0 bridgehead atoms. The number of hydrogen-bond acceptors (Lipinski definition) is 7. The van der Waals surface area contributed by atoms with Gasteiger partial charge in [-0.25, -0.2) is 22.8 Å². The summed E-state index contributed by atoms with van der Waals surface area (Å²) in [6.45, 7) is 1.30. The van der Waals surface area contributed by atoms with Gasteiger partial charge in [-0.05, 0) is 42.8 Å². The van der Waals surface area contributed by atoms with E-state index in [1.165, 1.54) is 25.3 Å². The number of amides is 1. The van der Waals surface area contributed by atoms with Gasteiger partial charge < -0.3 is 9.73 Å². The molecule has 0 aliphatic carbocycles. The number of nitrogens with one attached hydrogen (secondary N) is 2. The van der Waals surface area contributed by atoms with Crippen LogP contribution in [0.3, 0.4) is 0 Å². The van der Waals surface area contributed by atoms with Crippen molar-refractivity contribution in [1.82, 2.24) is 25.0 Å². The molecule has 0 saturated carbocycles. The lowest BCUT2D eigenvalue weighted by atomic mass is 10.1. The maximum Gasteiger partial charge on any atom is 0.451 e. The zero-order valence-corrected chi connectivity index (χ0v) is 19.2. The monoisotopic (exact) mass is 523 g/mol. The highest BCUT2D eigenvalue weighted by Crippen LogP contribution is 2.27. The number of benzene rings is 1. The Kier molecular flexibility index (Phi) is 6.73. The van der Waals surface area contributed by atoms with Crippen LogP contribution in [0.25, 0.3) is 22.2 Å². The molecule has 4 aromatic rings. The van der Waals surface area contributed by atoms with Crippen molar-refractivity contribution in [3.05, 3.63) is 72.2 Å². The molecule has 0 fully saturated rings. The quantitative estimate of drug-likeness (QED) is 0.356. The fourth-order valence-electron chi connectivity index (χ4n) is 3.16. The minimum Gasteiger partial charge on any atom is -0.443 e. The van der Waals surface area contributed by atoms with Gasteiger partial charge in [0.05, 0.1) is 11.7 Å². The average Bonchev–Trinajstić information content (AvgIpc) is 3.26. The number of carbonyl (C=O) groups excluding carboxylic acids is 1. The van der Waals surface area contributed by atoms with E-state index < -0.39 is 44.9 Å². The number of nitrogens with zero attached hydrogens (tertiary/aromatic N) is 3. The molecule has 3 aromatic heterocycles. The molecule has 0 radical (unpaired) electrons. The lowest BCUT2D eigenvalue weighted by Crippen LogP contribution is -2.44. The zero-order chi connectivity index (χ0) is 26.1. The van der Waals surface area contributed by atoms with E-state index in [-0.39, 0.29) is 28.8 Å². The van der Waals surface area contributed by atoms with Gasteiger partial charge in [-0.3, -0.25) is 9.78 Å². The van der Waals surface area contributed by atoms with Gasteiger partial charge in [0.1, 0.15) is 11.4 Å². The lowest BCUT2D eigenvalue weighted by molar-refractivity contribution is -0.145. The van der Waals surface area contributed by atoms with Gasteiger partial charge in [-0.1, -0.05) is 0 Å². The second-order valence-corrected chi connectivity index (χ2v) is 9.30. The summed E-state index contributed by atoms with van der Waals surface area (Å²) in [6.07, 6.45) is -1.29. The van der Waals surface area contributed by atoms with Crippen LogP contribution in [0, 0.1) is 5.82 Å². The number of aromatic nitrogens is 3. The van der Waals surface area contributed by atoms with E-state index in [4.69, 9.17) is 4.42 Å². The summed E-state index contributed by atoms with van der Waals surface area (Å²) in [5.41, 5.74) is 1.23. The lowest BCUT2D eigenvalue weighted by Gasteiger charge is -2.13. The Hall–Kier alpha value is -3.91. The predicted molar refractivity (Wildman–Crippen MR) is 118 cm³/mol. The van der Waals surface area contributed by atoms with Crippen molar-refractivity contribution in [3.63, 3.8) is 0 Å². The van der Waals surface area contributed by atoms with Crippen molar-refractivity contribution in [2.45, 2.75) is 30.8 Å². The largest absolute Gasteiger partial charge is 0.451 e. The molecule has 1 amide bonds. The van der Waals surface area contributed by atoms with Crippen LogP contribution in [0.2, 0.25) is 0 Å². The molecule has 3 heterocycles. The third kappa shape index (κ3) is 5.66. The van der Waals surface area contributed by atoms with Crippen molar-refractivity contribution in [1.29, 1.82) is 0 Å². The number of rotatable bonds is 7. The highest BCUT2D eigenvalue weighted by Gasteiger charge is 2.34. The molecule has 9 nitrogen and oxygen atoms in total. The molecule has 0 saturated heterocycles. The molecule has 0 unspecified atom stereocenters. The van der Waals surface area contributed by atoms with E-state index in [0.29, 0.717) is 5.56 Å². The fraction of sp³-hybridized carbons (Fsp3) is 0.182. The van der Waals surface area contributed by atoms with E-state index in [0.717, 1.165) is 30.6 Å². The topological polar surface area (TPSA) is 127 Å². The van der Waals surface area contributed by atoms with Crippen LogP contribution in [0.4, 0.5) is 17.6 Å². The van der Waals surface area contributed by atoms with Gasteiger partial charge in [0.25, 0.3) is 10.0 Å². The molecular formula is C22H17F4N5O4S. The minimum absolute atomic E-state index is 0.0220. The number of fused-ring (bicyclic) bond motifs is 1. The summed E-state index contributed by atoms with van der Waals surface area (Å²) in [7, 11) is -4.22. The van der Waals surface area contributed by atoms with E-state index in [9.17, 15) is 30.8 Å². The highest BCUT2D eigenvalue weighted by atomic mass is 32.2. The van der Waals surface area contributed by atoms with Crippen LogP contribution in [0.1, 0.15) is 18.3 Å². The maximum absolute atomic E-state index is 13.4. The molecule has 188 valence electrons. The Balaban J connectivity index is 1.39. The predicted octanol–water partition coefficient (Wildman–Crippen LogP) is 3.43. The number of furan rings is 1. The Morgan fingerprint density at radius 1 is 1.08 bits per heavy atom. The summed E-state index contributed by atoms with van der Waals surface area (Å²) in [6, 6.07) is 6.58. The van der Waals surface area contributed by atoms with Gasteiger partial charge >= 0.3 is 6.18 Å². The first-order valence-electron chi connectivity index (χ1n) is 10.3. The number of pyridine rings is 1. The Bertz CT molecular complexity index is 1520. The first kappa shape index (κ1) is 25.2. The molecule has 2 N–H and O–H groups in total. The fourth-order valence-corrected chi connectivity index (χ4v) is 4.33. The molecule has 4 rings (SSSR count). The summed E-state index contributed by atoms with van der Waals surface area (Å²) in [4.78, 5) is 23.1. The molecular weight excluding hydrogens is 506 g/mol. The molecule has 0 spiro atoms. The first-order chi connectivity index (χ1) is 16.9. The number of alkyl halides is 3. The maximum atomic E-state index is 13.4. The van der Waals surface area contributed by atoms with Gasteiger partial charge in [-0.15, -0.1) is 0 Å². The second kappa shape index (κ2) is 9.62. The van der Waals surface area contributed by atoms with Crippen molar-refractivity contribution in [2.75, 3.05) is 0 Å². The normalized spacial score (nSPS) is 13.0.